The number of likely N-dealkylation sites (N-methyl/N-ethyl adjacent to an activating group) is 1. The van der Waals surface area contributed by atoms with Gasteiger partial charge in [-0.25, -0.2) is 14.4 Å². The van der Waals surface area contributed by atoms with Crippen LogP contribution in [0.5, 0.6) is 11.5 Å². The molecule has 0 unspecified atom stereocenters. The number of rotatable bonds is 6. The van der Waals surface area contributed by atoms with Crippen LogP contribution in [0, 0.1) is 11.7 Å². The zero-order valence-electron chi connectivity index (χ0n) is 20.3. The molecule has 36 heavy (non-hydrogen) atoms. The Labute approximate surface area is 214 Å². The van der Waals surface area contributed by atoms with Gasteiger partial charge in [-0.1, -0.05) is 17.7 Å². The number of nitrogens with zero attached hydrogens (tertiary/aromatic N) is 3. The normalized spacial score (nSPS) is 22.8. The summed E-state index contributed by atoms with van der Waals surface area (Å²) in [6.45, 7) is 1.58. The first-order valence-electron chi connectivity index (χ1n) is 12.1. The summed E-state index contributed by atoms with van der Waals surface area (Å²) < 4.78 is 26.5. The minimum atomic E-state index is -0.551. The maximum absolute atomic E-state index is 14.5. The molecule has 1 aliphatic carbocycles. The van der Waals surface area contributed by atoms with E-state index < -0.39 is 5.82 Å². The van der Waals surface area contributed by atoms with Crippen molar-refractivity contribution in [2.45, 2.75) is 37.8 Å². The summed E-state index contributed by atoms with van der Waals surface area (Å²) >= 11 is 5.94. The summed E-state index contributed by atoms with van der Waals surface area (Å²) in [5, 5.41) is 6.71. The zero-order chi connectivity index (χ0) is 25.2. The minimum absolute atomic E-state index is 0.00373. The second kappa shape index (κ2) is 10.4. The molecule has 1 aromatic heterocycles. The molecule has 1 saturated heterocycles. The molecule has 8 nitrogen and oxygen atoms in total. The molecule has 2 aliphatic rings. The van der Waals surface area contributed by atoms with Crippen molar-refractivity contribution in [1.82, 2.24) is 20.2 Å². The van der Waals surface area contributed by atoms with Gasteiger partial charge in [-0.15, -0.1) is 0 Å². The van der Waals surface area contributed by atoms with Crippen molar-refractivity contribution in [3.05, 3.63) is 47.5 Å². The van der Waals surface area contributed by atoms with Crippen molar-refractivity contribution in [1.29, 1.82) is 0 Å². The number of hydrogen-bond acceptors (Lipinski definition) is 7. The van der Waals surface area contributed by atoms with Gasteiger partial charge in [0.15, 0.2) is 17.3 Å². The number of fused-ring (bicyclic) bond motifs is 1. The van der Waals surface area contributed by atoms with E-state index in [1.165, 1.54) is 12.4 Å². The van der Waals surface area contributed by atoms with Gasteiger partial charge in [-0.05, 0) is 56.8 Å². The summed E-state index contributed by atoms with van der Waals surface area (Å²) in [6.07, 6.45) is 4.91. The zero-order valence-corrected chi connectivity index (χ0v) is 21.0. The molecule has 2 heterocycles. The monoisotopic (exact) mass is 513 g/mol. The van der Waals surface area contributed by atoms with Crippen LogP contribution >= 0.6 is 11.6 Å². The van der Waals surface area contributed by atoms with E-state index >= 15 is 0 Å². The highest BCUT2D eigenvalue weighted by Gasteiger charge is 2.37. The van der Waals surface area contributed by atoms with Crippen LogP contribution in [0.15, 0.2) is 36.7 Å². The molecule has 2 N–H and O–H groups in total. The van der Waals surface area contributed by atoms with Crippen LogP contribution in [0.25, 0.3) is 10.9 Å². The SMILES string of the molecule is COc1cc2ncnc(Nc3cccc(Cl)c3F)c2cc1OC1CCC([C@H]2C(=O)NCCN2C)CC1. The number of hydrogen-bond donors (Lipinski definition) is 2. The van der Waals surface area contributed by atoms with Crippen LogP contribution < -0.4 is 20.1 Å². The van der Waals surface area contributed by atoms with E-state index in [4.69, 9.17) is 21.1 Å². The third-order valence-corrected chi connectivity index (χ3v) is 7.38. The molecule has 3 aromatic rings. The number of halogens is 2. The predicted molar refractivity (Wildman–Crippen MR) is 137 cm³/mol. The molecular weight excluding hydrogens is 485 g/mol. The van der Waals surface area contributed by atoms with E-state index in [-0.39, 0.29) is 28.8 Å². The summed E-state index contributed by atoms with van der Waals surface area (Å²) in [6, 6.07) is 8.29. The molecule has 2 aromatic carbocycles. The lowest BCUT2D eigenvalue weighted by Crippen LogP contribution is -2.57. The molecule has 0 bridgehead atoms. The summed E-state index contributed by atoms with van der Waals surface area (Å²) in [5.74, 6) is 1.46. The molecule has 0 spiro atoms. The Kier molecular flexibility index (Phi) is 7.11. The first-order valence-corrected chi connectivity index (χ1v) is 12.5. The largest absolute Gasteiger partial charge is 0.493 e. The number of anilines is 2. The average Bonchev–Trinajstić information content (AvgIpc) is 2.87. The van der Waals surface area contributed by atoms with Crippen molar-refractivity contribution in [2.24, 2.45) is 5.92 Å². The van der Waals surface area contributed by atoms with E-state index in [1.54, 1.807) is 25.3 Å². The Morgan fingerprint density at radius 2 is 1.97 bits per heavy atom. The first-order chi connectivity index (χ1) is 17.4. The molecule has 190 valence electrons. The highest BCUT2D eigenvalue weighted by Crippen LogP contribution is 2.38. The maximum atomic E-state index is 14.5. The van der Waals surface area contributed by atoms with Gasteiger partial charge in [0.1, 0.15) is 12.1 Å². The Bertz CT molecular complexity index is 1270. The van der Waals surface area contributed by atoms with Crippen molar-refractivity contribution in [3.8, 4) is 11.5 Å². The fourth-order valence-electron chi connectivity index (χ4n) is 5.22. The lowest BCUT2D eigenvalue weighted by Gasteiger charge is -2.40. The van der Waals surface area contributed by atoms with Gasteiger partial charge in [-0.3, -0.25) is 9.69 Å². The molecule has 1 amide bonds. The maximum Gasteiger partial charge on any atom is 0.237 e. The quantitative estimate of drug-likeness (QED) is 0.500. The fraction of sp³-hybridized carbons (Fsp3) is 0.423. The van der Waals surface area contributed by atoms with Gasteiger partial charge in [0.25, 0.3) is 0 Å². The summed E-state index contributed by atoms with van der Waals surface area (Å²) in [4.78, 5) is 23.3. The van der Waals surface area contributed by atoms with Crippen LogP contribution in [0.2, 0.25) is 5.02 Å². The minimum Gasteiger partial charge on any atom is -0.493 e. The Hall–Kier alpha value is -3.17. The van der Waals surface area contributed by atoms with Crippen LogP contribution in [0.4, 0.5) is 15.9 Å². The fourth-order valence-corrected chi connectivity index (χ4v) is 5.39. The van der Waals surface area contributed by atoms with Crippen molar-refractivity contribution >= 4 is 39.9 Å². The van der Waals surface area contributed by atoms with Crippen molar-refractivity contribution in [2.75, 3.05) is 32.6 Å². The van der Waals surface area contributed by atoms with Crippen LogP contribution in [-0.2, 0) is 4.79 Å². The smallest absolute Gasteiger partial charge is 0.237 e. The molecule has 1 saturated carbocycles. The van der Waals surface area contributed by atoms with Gasteiger partial charge in [0.2, 0.25) is 5.91 Å². The van der Waals surface area contributed by atoms with Gasteiger partial charge in [0.05, 0.1) is 35.5 Å². The molecular formula is C26H29ClFN5O3. The highest BCUT2D eigenvalue weighted by atomic mass is 35.5. The average molecular weight is 514 g/mol. The second-order valence-electron chi connectivity index (χ2n) is 9.34. The number of benzene rings is 2. The lowest BCUT2D eigenvalue weighted by atomic mass is 9.81. The number of piperazine rings is 1. The van der Waals surface area contributed by atoms with E-state index in [2.05, 4.69) is 25.5 Å². The summed E-state index contributed by atoms with van der Waals surface area (Å²) in [5.41, 5.74) is 0.852. The topological polar surface area (TPSA) is 88.6 Å². The third-order valence-electron chi connectivity index (χ3n) is 7.09. The molecule has 1 atom stereocenters. The Balaban J connectivity index is 1.35. The number of amides is 1. The van der Waals surface area contributed by atoms with Crippen molar-refractivity contribution < 1.29 is 18.7 Å². The predicted octanol–water partition coefficient (Wildman–Crippen LogP) is 4.54. The molecule has 0 radical (unpaired) electrons. The van der Waals surface area contributed by atoms with Gasteiger partial charge in [0, 0.05) is 24.5 Å². The lowest BCUT2D eigenvalue weighted by molar-refractivity contribution is -0.131. The standard InChI is InChI=1S/C26H29ClFN5O3/c1-33-11-10-29-26(34)24(33)15-6-8-16(9-7-15)36-22-12-17-20(13-21(22)35-2)30-14-31-25(17)32-19-5-3-4-18(27)23(19)28/h3-5,12-16,24H,6-11H2,1-2H3,(H,29,34)(H,30,31,32)/t15?,16?,24-/m0/s1. The van der Waals surface area contributed by atoms with Crippen LogP contribution in [-0.4, -0.2) is 60.2 Å². The number of aromatic nitrogens is 2. The third kappa shape index (κ3) is 4.90. The van der Waals surface area contributed by atoms with Crippen LogP contribution in [0.1, 0.15) is 25.7 Å². The first kappa shape index (κ1) is 24.5. The Morgan fingerprint density at radius 3 is 2.72 bits per heavy atom. The number of nitrogens with one attached hydrogen (secondary N) is 2. The Morgan fingerprint density at radius 1 is 1.17 bits per heavy atom. The molecule has 2 fully saturated rings. The highest BCUT2D eigenvalue weighted by molar-refractivity contribution is 6.31. The summed E-state index contributed by atoms with van der Waals surface area (Å²) in [7, 11) is 3.61. The number of carbonyl (C=O) groups is 1. The second-order valence-corrected chi connectivity index (χ2v) is 9.75. The molecule has 10 heteroatoms. The number of ether oxygens (including phenoxy) is 2. The van der Waals surface area contributed by atoms with Crippen LogP contribution in [0.3, 0.4) is 0 Å². The van der Waals surface area contributed by atoms with E-state index in [1.807, 2.05) is 13.1 Å². The van der Waals surface area contributed by atoms with E-state index in [9.17, 15) is 9.18 Å². The molecule has 5 rings (SSSR count). The van der Waals surface area contributed by atoms with Gasteiger partial charge in [-0.2, -0.15) is 0 Å². The van der Waals surface area contributed by atoms with Gasteiger partial charge < -0.3 is 20.1 Å². The van der Waals surface area contributed by atoms with Gasteiger partial charge >= 0.3 is 0 Å². The molecule has 1 aliphatic heterocycles. The van der Waals surface area contributed by atoms with Crippen molar-refractivity contribution in [3.63, 3.8) is 0 Å². The van der Waals surface area contributed by atoms with E-state index in [0.717, 1.165) is 32.2 Å². The number of methoxy groups -OCH3 is 1. The van der Waals surface area contributed by atoms with E-state index in [0.29, 0.717) is 40.7 Å². The number of carbonyl (C=O) groups excluding carboxylic acids is 1.